The van der Waals surface area contributed by atoms with Crippen molar-refractivity contribution in [1.29, 1.82) is 0 Å². The first-order chi connectivity index (χ1) is 13.0. The molecule has 0 unspecified atom stereocenters. The van der Waals surface area contributed by atoms with Crippen LogP contribution in [-0.2, 0) is 20.9 Å². The quantitative estimate of drug-likeness (QED) is 0.760. The molecule has 3 rings (SSSR count). The molecule has 3 amide bonds. The lowest BCUT2D eigenvalue weighted by Gasteiger charge is -2.47. The van der Waals surface area contributed by atoms with Crippen molar-refractivity contribution >= 4 is 17.7 Å². The third kappa shape index (κ3) is 3.98. The Hall–Kier alpha value is -2.41. The van der Waals surface area contributed by atoms with Crippen molar-refractivity contribution in [3.05, 3.63) is 35.4 Å². The van der Waals surface area contributed by atoms with E-state index in [1.807, 2.05) is 29.2 Å². The second-order valence-corrected chi connectivity index (χ2v) is 7.30. The molecule has 1 aromatic rings. The maximum atomic E-state index is 13.1. The second kappa shape index (κ2) is 8.08. The van der Waals surface area contributed by atoms with Crippen LogP contribution in [0.25, 0.3) is 0 Å². The van der Waals surface area contributed by atoms with Crippen molar-refractivity contribution in [2.24, 2.45) is 0 Å². The van der Waals surface area contributed by atoms with Crippen LogP contribution < -0.4 is 5.32 Å². The lowest BCUT2D eigenvalue weighted by atomic mass is 9.82. The summed E-state index contributed by atoms with van der Waals surface area (Å²) in [5, 5.41) is 2.87. The van der Waals surface area contributed by atoms with Gasteiger partial charge in [-0.1, -0.05) is 18.2 Å². The summed E-state index contributed by atoms with van der Waals surface area (Å²) in [4.78, 5) is 41.0. The Morgan fingerprint density at radius 2 is 1.93 bits per heavy atom. The summed E-state index contributed by atoms with van der Waals surface area (Å²) < 4.78 is 4.98. The fourth-order valence-electron chi connectivity index (χ4n) is 4.07. The smallest absolute Gasteiger partial charge is 0.254 e. The van der Waals surface area contributed by atoms with Crippen molar-refractivity contribution in [3.8, 4) is 0 Å². The monoisotopic (exact) mass is 373 g/mol. The molecule has 1 aromatic carbocycles. The fourth-order valence-corrected chi connectivity index (χ4v) is 4.07. The highest BCUT2D eigenvalue weighted by atomic mass is 16.5. The van der Waals surface area contributed by atoms with Gasteiger partial charge in [0.15, 0.2) is 0 Å². The van der Waals surface area contributed by atoms with Crippen LogP contribution in [-0.4, -0.2) is 66.4 Å². The molecule has 146 valence electrons. The van der Waals surface area contributed by atoms with E-state index in [1.54, 1.807) is 18.9 Å². The third-order valence-electron chi connectivity index (χ3n) is 5.65. The minimum atomic E-state index is -0.570. The van der Waals surface area contributed by atoms with Crippen molar-refractivity contribution in [2.45, 2.75) is 38.3 Å². The molecule has 0 spiro atoms. The van der Waals surface area contributed by atoms with Gasteiger partial charge in [0.25, 0.3) is 5.91 Å². The lowest BCUT2D eigenvalue weighted by molar-refractivity contribution is -0.132. The van der Waals surface area contributed by atoms with Gasteiger partial charge in [-0.15, -0.1) is 0 Å². The van der Waals surface area contributed by atoms with Gasteiger partial charge in [-0.05, 0) is 24.5 Å². The summed E-state index contributed by atoms with van der Waals surface area (Å²) in [5.41, 5.74) is 1.14. The Bertz CT molecular complexity index is 726. The highest BCUT2D eigenvalue weighted by Crippen LogP contribution is 2.38. The molecule has 0 atom stereocenters. The van der Waals surface area contributed by atoms with Crippen LogP contribution in [0.15, 0.2) is 24.3 Å². The Balaban J connectivity index is 1.80. The molecule has 7 heteroatoms. The number of rotatable bonds is 6. The number of nitrogens with zero attached hydrogens (tertiary/aromatic N) is 2. The molecule has 0 bridgehead atoms. The molecule has 27 heavy (non-hydrogen) atoms. The second-order valence-electron chi connectivity index (χ2n) is 7.30. The van der Waals surface area contributed by atoms with E-state index in [0.29, 0.717) is 51.2 Å². The lowest BCUT2D eigenvalue weighted by Crippen LogP contribution is -2.58. The van der Waals surface area contributed by atoms with Crippen LogP contribution in [0.2, 0.25) is 0 Å². The normalized spacial score (nSPS) is 18.4. The van der Waals surface area contributed by atoms with Crippen LogP contribution in [0.3, 0.4) is 0 Å². The molecule has 0 aromatic heterocycles. The van der Waals surface area contributed by atoms with E-state index in [-0.39, 0.29) is 24.1 Å². The molecule has 2 aliphatic rings. The van der Waals surface area contributed by atoms with Gasteiger partial charge in [0.2, 0.25) is 11.8 Å². The Morgan fingerprint density at radius 1 is 1.22 bits per heavy atom. The highest BCUT2D eigenvalue weighted by Gasteiger charge is 2.47. The number of fused-ring (bicyclic) bond motifs is 1. The summed E-state index contributed by atoms with van der Waals surface area (Å²) in [6.07, 6.45) is 1.44. The molecule has 0 saturated carbocycles. The molecule has 1 saturated heterocycles. The zero-order chi connectivity index (χ0) is 19.4. The molecule has 1 fully saturated rings. The number of nitrogens with one attached hydrogen (secondary N) is 1. The maximum Gasteiger partial charge on any atom is 0.254 e. The van der Waals surface area contributed by atoms with Crippen LogP contribution in [0.5, 0.6) is 0 Å². The van der Waals surface area contributed by atoms with Gasteiger partial charge in [-0.3, -0.25) is 14.4 Å². The van der Waals surface area contributed by atoms with E-state index in [1.165, 1.54) is 0 Å². The summed E-state index contributed by atoms with van der Waals surface area (Å²) >= 11 is 0. The molecule has 1 N–H and O–H groups in total. The number of amides is 3. The minimum Gasteiger partial charge on any atom is -0.383 e. The topological polar surface area (TPSA) is 79.0 Å². The van der Waals surface area contributed by atoms with E-state index in [9.17, 15) is 14.4 Å². The van der Waals surface area contributed by atoms with Crippen molar-refractivity contribution < 1.29 is 19.1 Å². The number of hydrogen-bond donors (Lipinski definition) is 1. The van der Waals surface area contributed by atoms with Gasteiger partial charge in [0.05, 0.1) is 18.6 Å². The Morgan fingerprint density at radius 3 is 2.56 bits per heavy atom. The van der Waals surface area contributed by atoms with E-state index in [2.05, 4.69) is 5.32 Å². The molecular weight excluding hydrogens is 346 g/mol. The highest BCUT2D eigenvalue weighted by molar-refractivity contribution is 5.99. The fraction of sp³-hybridized carbons (Fsp3) is 0.550. The van der Waals surface area contributed by atoms with Gasteiger partial charge >= 0.3 is 0 Å². The molecule has 7 nitrogen and oxygen atoms in total. The number of hydrogen-bond acceptors (Lipinski definition) is 4. The summed E-state index contributed by atoms with van der Waals surface area (Å²) in [6.45, 7) is 4.08. The maximum absolute atomic E-state index is 13.1. The summed E-state index contributed by atoms with van der Waals surface area (Å²) in [6, 6.07) is 7.60. The zero-order valence-electron chi connectivity index (χ0n) is 16.0. The molecule has 0 radical (unpaired) electrons. The van der Waals surface area contributed by atoms with Crippen molar-refractivity contribution in [3.63, 3.8) is 0 Å². The van der Waals surface area contributed by atoms with Crippen LogP contribution >= 0.6 is 0 Å². The Kier molecular flexibility index (Phi) is 5.79. The molecule has 2 heterocycles. The van der Waals surface area contributed by atoms with E-state index < -0.39 is 5.54 Å². The Labute approximate surface area is 159 Å². The van der Waals surface area contributed by atoms with E-state index in [4.69, 9.17) is 4.74 Å². The number of ether oxygens (including phenoxy) is 1. The average Bonchev–Trinajstić information content (AvgIpc) is 3.00. The largest absolute Gasteiger partial charge is 0.383 e. The number of carbonyl (C=O) groups is 3. The van der Waals surface area contributed by atoms with Gasteiger partial charge in [-0.2, -0.15) is 0 Å². The molecule has 0 aliphatic carbocycles. The number of likely N-dealkylation sites (tertiary alicyclic amines) is 1. The first kappa shape index (κ1) is 19.4. The van der Waals surface area contributed by atoms with Crippen molar-refractivity contribution in [2.75, 3.05) is 33.4 Å². The molecule has 2 aliphatic heterocycles. The minimum absolute atomic E-state index is 0.0217. The molecular formula is C20H27N3O4. The number of methoxy groups -OCH3 is 1. The van der Waals surface area contributed by atoms with Gasteiger partial charge in [-0.25, -0.2) is 0 Å². The van der Waals surface area contributed by atoms with E-state index >= 15 is 0 Å². The number of carbonyl (C=O) groups excluding carboxylic acids is 3. The SMILES string of the molecule is COCCNC(=O)CC1(N2Cc3ccccc3C2=O)CCN(C(C)=O)CC1. The van der Waals surface area contributed by atoms with Crippen LogP contribution in [0, 0.1) is 0 Å². The number of piperidine rings is 1. The number of benzene rings is 1. The summed E-state index contributed by atoms with van der Waals surface area (Å²) in [7, 11) is 1.59. The predicted octanol–water partition coefficient (Wildman–Crippen LogP) is 1.18. The summed E-state index contributed by atoms with van der Waals surface area (Å²) in [5.74, 6) is -0.0807. The average molecular weight is 373 g/mol. The standard InChI is InChI=1S/C20H27N3O4/c1-15(24)22-10-7-20(8-11-22,13-18(25)21-9-12-27-2)23-14-16-5-3-4-6-17(16)19(23)26/h3-6H,7-14H2,1-2H3,(H,21,25). The van der Waals surface area contributed by atoms with Crippen LogP contribution in [0.1, 0.15) is 42.1 Å². The first-order valence-corrected chi connectivity index (χ1v) is 9.38. The third-order valence-corrected chi connectivity index (χ3v) is 5.65. The van der Waals surface area contributed by atoms with Crippen molar-refractivity contribution in [1.82, 2.24) is 15.1 Å². The van der Waals surface area contributed by atoms with E-state index in [0.717, 1.165) is 5.56 Å². The van der Waals surface area contributed by atoms with Gasteiger partial charge in [0.1, 0.15) is 0 Å². The first-order valence-electron chi connectivity index (χ1n) is 9.38. The zero-order valence-corrected chi connectivity index (χ0v) is 16.0. The van der Waals surface area contributed by atoms with Gasteiger partial charge < -0.3 is 19.9 Å². The predicted molar refractivity (Wildman–Crippen MR) is 100 cm³/mol. The van der Waals surface area contributed by atoms with Crippen LogP contribution in [0.4, 0.5) is 0 Å². The van der Waals surface area contributed by atoms with Gasteiger partial charge in [0, 0.05) is 45.8 Å².